The van der Waals surface area contributed by atoms with E-state index in [4.69, 9.17) is 4.74 Å². The molecule has 1 rings (SSSR count). The molecule has 0 aliphatic carbocycles. The van der Waals surface area contributed by atoms with Crippen LogP contribution in [0.2, 0.25) is 0 Å². The Morgan fingerprint density at radius 3 is 1.95 bits per heavy atom. The van der Waals surface area contributed by atoms with Crippen molar-refractivity contribution < 1.29 is 4.74 Å². The summed E-state index contributed by atoms with van der Waals surface area (Å²) in [6.45, 7) is 15.7. The van der Waals surface area contributed by atoms with E-state index in [0.717, 1.165) is 36.6 Å². The summed E-state index contributed by atoms with van der Waals surface area (Å²) in [4.78, 5) is 9.29. The molecule has 0 saturated heterocycles. The van der Waals surface area contributed by atoms with E-state index in [1.165, 1.54) is 5.56 Å². The Labute approximate surface area is 129 Å². The predicted octanol–water partition coefficient (Wildman–Crippen LogP) is 3.30. The average Bonchev–Trinajstić information content (AvgIpc) is 2.35. The normalized spacial score (nSPS) is 12.8. The van der Waals surface area contributed by atoms with Crippen molar-refractivity contribution in [3.63, 3.8) is 0 Å². The van der Waals surface area contributed by atoms with Crippen LogP contribution in [0.1, 0.15) is 63.8 Å². The molecule has 4 heteroatoms. The zero-order valence-electron chi connectivity index (χ0n) is 14.9. The molecule has 0 unspecified atom stereocenters. The second-order valence-corrected chi connectivity index (χ2v) is 7.19. The number of aromatic nitrogens is 2. The molecule has 21 heavy (non-hydrogen) atoms. The number of aryl methyl sites for hydroxylation is 2. The topological polar surface area (TPSA) is 47.0 Å². The molecule has 0 aliphatic heterocycles. The molecule has 0 fully saturated rings. The highest BCUT2D eigenvalue weighted by molar-refractivity contribution is 5.25. The van der Waals surface area contributed by atoms with E-state index in [0.29, 0.717) is 0 Å². The van der Waals surface area contributed by atoms with E-state index in [-0.39, 0.29) is 5.54 Å². The summed E-state index contributed by atoms with van der Waals surface area (Å²) in [5, 5.41) is 3.51. The van der Waals surface area contributed by atoms with E-state index >= 15 is 0 Å². The van der Waals surface area contributed by atoms with E-state index in [1.807, 2.05) is 13.8 Å². The van der Waals surface area contributed by atoms with Gasteiger partial charge in [-0.3, -0.25) is 0 Å². The molecule has 0 atom stereocenters. The fourth-order valence-corrected chi connectivity index (χ4v) is 2.19. The van der Waals surface area contributed by atoms with Gasteiger partial charge in [-0.25, -0.2) is 9.97 Å². The van der Waals surface area contributed by atoms with E-state index in [1.54, 1.807) is 7.11 Å². The molecule has 1 aromatic heterocycles. The lowest BCUT2D eigenvalue weighted by atomic mass is 10.0. The number of nitrogens with one attached hydrogen (secondary N) is 1. The maximum atomic E-state index is 5.47. The first-order valence-electron chi connectivity index (χ1n) is 7.71. The van der Waals surface area contributed by atoms with Crippen LogP contribution in [0.25, 0.3) is 0 Å². The molecule has 0 aliphatic rings. The van der Waals surface area contributed by atoms with Gasteiger partial charge in [-0.05, 0) is 73.4 Å². The van der Waals surface area contributed by atoms with Crippen LogP contribution in [0.4, 0.5) is 0 Å². The van der Waals surface area contributed by atoms with Gasteiger partial charge in [0.25, 0.3) is 0 Å². The zero-order valence-corrected chi connectivity index (χ0v) is 14.9. The minimum atomic E-state index is -0.443. The lowest BCUT2D eigenvalue weighted by Crippen LogP contribution is -2.36. The van der Waals surface area contributed by atoms with Crippen LogP contribution in [-0.4, -0.2) is 29.2 Å². The molecular formula is C17H31N3O. The standard InChI is InChI=1S/C17H31N3O/c1-12-14(10-9-11-18-16(3,4)5)13(2)20-15(19-12)17(6,7)21-8/h18H,9-11H2,1-8H3. The summed E-state index contributed by atoms with van der Waals surface area (Å²) in [7, 11) is 1.69. The molecule has 0 saturated carbocycles. The second-order valence-electron chi connectivity index (χ2n) is 7.19. The van der Waals surface area contributed by atoms with E-state index in [2.05, 4.69) is 49.9 Å². The first-order valence-corrected chi connectivity index (χ1v) is 7.71. The average molecular weight is 293 g/mol. The largest absolute Gasteiger partial charge is 0.371 e. The number of ether oxygens (including phenoxy) is 1. The van der Waals surface area contributed by atoms with E-state index < -0.39 is 5.60 Å². The highest BCUT2D eigenvalue weighted by Crippen LogP contribution is 2.22. The van der Waals surface area contributed by atoms with E-state index in [9.17, 15) is 0 Å². The molecule has 0 radical (unpaired) electrons. The molecule has 0 amide bonds. The van der Waals surface area contributed by atoms with Gasteiger partial charge < -0.3 is 10.1 Å². The molecule has 1 heterocycles. The van der Waals surface area contributed by atoms with Gasteiger partial charge in [0.2, 0.25) is 0 Å². The number of nitrogens with zero attached hydrogens (tertiary/aromatic N) is 2. The summed E-state index contributed by atoms with van der Waals surface area (Å²) in [5.41, 5.74) is 3.13. The molecule has 0 spiro atoms. The Balaban J connectivity index is 2.77. The van der Waals surface area contributed by atoms with Crippen LogP contribution in [0.15, 0.2) is 0 Å². The van der Waals surface area contributed by atoms with Crippen LogP contribution in [0, 0.1) is 13.8 Å². The second kappa shape index (κ2) is 6.84. The van der Waals surface area contributed by atoms with Crippen LogP contribution in [-0.2, 0) is 16.8 Å². The number of hydrogen-bond acceptors (Lipinski definition) is 4. The van der Waals surface area contributed by atoms with Gasteiger partial charge in [0.15, 0.2) is 5.82 Å². The lowest BCUT2D eigenvalue weighted by molar-refractivity contribution is 0.0111. The maximum absolute atomic E-state index is 5.47. The van der Waals surface area contributed by atoms with Crippen molar-refractivity contribution in [3.05, 3.63) is 22.8 Å². The minimum Gasteiger partial charge on any atom is -0.371 e. The van der Waals surface area contributed by atoms with Crippen molar-refractivity contribution in [2.45, 2.75) is 72.4 Å². The van der Waals surface area contributed by atoms with Gasteiger partial charge >= 0.3 is 0 Å². The first-order chi connectivity index (χ1) is 9.57. The predicted molar refractivity (Wildman–Crippen MR) is 87.6 cm³/mol. The van der Waals surface area contributed by atoms with Crippen molar-refractivity contribution >= 4 is 0 Å². The summed E-state index contributed by atoms with van der Waals surface area (Å²) >= 11 is 0. The number of methoxy groups -OCH3 is 1. The lowest BCUT2D eigenvalue weighted by Gasteiger charge is -2.23. The van der Waals surface area contributed by atoms with Crippen molar-refractivity contribution in [2.24, 2.45) is 0 Å². The Hall–Kier alpha value is -1.00. The third kappa shape index (κ3) is 5.36. The molecular weight excluding hydrogens is 262 g/mol. The summed E-state index contributed by atoms with van der Waals surface area (Å²) < 4.78 is 5.47. The summed E-state index contributed by atoms with van der Waals surface area (Å²) in [6, 6.07) is 0. The van der Waals surface area contributed by atoms with Gasteiger partial charge in [-0.2, -0.15) is 0 Å². The van der Waals surface area contributed by atoms with Crippen molar-refractivity contribution in [1.29, 1.82) is 0 Å². The number of rotatable bonds is 6. The third-order valence-electron chi connectivity index (χ3n) is 3.73. The smallest absolute Gasteiger partial charge is 0.160 e. The fraction of sp³-hybridized carbons (Fsp3) is 0.765. The quantitative estimate of drug-likeness (QED) is 0.818. The van der Waals surface area contributed by atoms with Gasteiger partial charge in [0.1, 0.15) is 5.60 Å². The molecule has 1 aromatic rings. The molecule has 1 N–H and O–H groups in total. The Morgan fingerprint density at radius 1 is 1.00 bits per heavy atom. The number of hydrogen-bond donors (Lipinski definition) is 1. The van der Waals surface area contributed by atoms with Crippen LogP contribution in [0.3, 0.4) is 0 Å². The zero-order chi connectivity index (χ0) is 16.3. The van der Waals surface area contributed by atoms with Crippen molar-refractivity contribution in [3.8, 4) is 0 Å². The van der Waals surface area contributed by atoms with Crippen molar-refractivity contribution in [2.75, 3.05) is 13.7 Å². The van der Waals surface area contributed by atoms with Crippen LogP contribution in [0.5, 0.6) is 0 Å². The molecule has 120 valence electrons. The van der Waals surface area contributed by atoms with Crippen molar-refractivity contribution in [1.82, 2.24) is 15.3 Å². The van der Waals surface area contributed by atoms with Gasteiger partial charge in [0.05, 0.1) is 0 Å². The highest BCUT2D eigenvalue weighted by Gasteiger charge is 2.24. The minimum absolute atomic E-state index is 0.174. The van der Waals surface area contributed by atoms with Gasteiger partial charge in [-0.1, -0.05) is 0 Å². The fourth-order valence-electron chi connectivity index (χ4n) is 2.19. The summed E-state index contributed by atoms with van der Waals surface area (Å²) in [6.07, 6.45) is 2.10. The van der Waals surface area contributed by atoms with Gasteiger partial charge in [0, 0.05) is 24.0 Å². The SMILES string of the molecule is COC(C)(C)c1nc(C)c(CCCNC(C)(C)C)c(C)n1. The first kappa shape index (κ1) is 18.1. The van der Waals surface area contributed by atoms with Crippen LogP contribution >= 0.6 is 0 Å². The maximum Gasteiger partial charge on any atom is 0.160 e. The Kier molecular flexibility index (Phi) is 5.88. The third-order valence-corrected chi connectivity index (χ3v) is 3.73. The Bertz CT molecular complexity index is 452. The van der Waals surface area contributed by atoms with Gasteiger partial charge in [-0.15, -0.1) is 0 Å². The molecule has 4 nitrogen and oxygen atoms in total. The van der Waals surface area contributed by atoms with Crippen LogP contribution < -0.4 is 5.32 Å². The monoisotopic (exact) mass is 293 g/mol. The highest BCUT2D eigenvalue weighted by atomic mass is 16.5. The Morgan fingerprint density at radius 2 is 1.52 bits per heavy atom. The molecule has 0 aromatic carbocycles. The molecule has 0 bridgehead atoms. The summed E-state index contributed by atoms with van der Waals surface area (Å²) in [5.74, 6) is 0.761.